The lowest BCUT2D eigenvalue weighted by molar-refractivity contribution is 0.0595. The predicted octanol–water partition coefficient (Wildman–Crippen LogP) is 3.70. The molecule has 3 unspecified atom stereocenters. The number of hydrogen-bond acceptors (Lipinski definition) is 3. The van der Waals surface area contributed by atoms with Crippen molar-refractivity contribution in [2.75, 3.05) is 7.11 Å². The number of carbonyl (C=O) groups is 1. The van der Waals surface area contributed by atoms with Crippen molar-refractivity contribution in [2.45, 2.75) is 31.7 Å². The number of rotatable bonds is 3. The molecule has 0 saturated heterocycles. The van der Waals surface area contributed by atoms with Crippen LogP contribution in [0.1, 0.15) is 42.2 Å². The molecule has 0 amide bonds. The van der Waals surface area contributed by atoms with Gasteiger partial charge in [0.1, 0.15) is 0 Å². The fraction of sp³-hybridized carbons (Fsp3) is 0.444. The van der Waals surface area contributed by atoms with E-state index in [2.05, 4.69) is 9.55 Å². The van der Waals surface area contributed by atoms with Gasteiger partial charge in [-0.1, -0.05) is 36.8 Å². The van der Waals surface area contributed by atoms with E-state index < -0.39 is 0 Å². The minimum Gasteiger partial charge on any atom is -0.464 e. The van der Waals surface area contributed by atoms with Gasteiger partial charge in [-0.3, -0.25) is 0 Å². The summed E-state index contributed by atoms with van der Waals surface area (Å²) in [6, 6.07) is 10.5. The molecule has 1 heterocycles. The van der Waals surface area contributed by atoms with Crippen LogP contribution in [0.5, 0.6) is 0 Å². The van der Waals surface area contributed by atoms with Crippen LogP contribution in [0.4, 0.5) is 0 Å². The lowest BCUT2D eigenvalue weighted by Gasteiger charge is -2.25. The summed E-state index contributed by atoms with van der Waals surface area (Å²) in [7, 11) is 1.41. The Kier molecular flexibility index (Phi) is 3.25. The predicted molar refractivity (Wildman–Crippen MR) is 83.5 cm³/mol. The maximum Gasteiger partial charge on any atom is 0.358 e. The molecule has 1 aromatic heterocycles. The Morgan fingerprint density at radius 2 is 2.05 bits per heavy atom. The van der Waals surface area contributed by atoms with Gasteiger partial charge in [-0.2, -0.15) is 0 Å². The summed E-state index contributed by atoms with van der Waals surface area (Å²) in [5.74, 6) is 1.22. The smallest absolute Gasteiger partial charge is 0.358 e. The number of esters is 1. The number of fused-ring (bicyclic) bond motifs is 2. The summed E-state index contributed by atoms with van der Waals surface area (Å²) in [6.45, 7) is 0. The standard InChI is InChI=1S/C18H20N2O2/c1-22-18(21)16-17(13-5-3-2-4-6-13)20(11-19-16)15-10-12-7-8-14(15)9-12/h2-6,11-12,14-15H,7-10H2,1H3. The highest BCUT2D eigenvalue weighted by Gasteiger charge is 2.41. The molecule has 2 saturated carbocycles. The second kappa shape index (κ2) is 5.27. The van der Waals surface area contributed by atoms with Crippen molar-refractivity contribution in [2.24, 2.45) is 11.8 Å². The molecule has 0 spiro atoms. The molecule has 2 aliphatic rings. The monoisotopic (exact) mass is 296 g/mol. The summed E-state index contributed by atoms with van der Waals surface area (Å²) in [5.41, 5.74) is 2.37. The highest BCUT2D eigenvalue weighted by atomic mass is 16.5. The zero-order valence-corrected chi connectivity index (χ0v) is 12.7. The van der Waals surface area contributed by atoms with Crippen LogP contribution in [0.15, 0.2) is 36.7 Å². The van der Waals surface area contributed by atoms with Crippen LogP contribution >= 0.6 is 0 Å². The third-order valence-electron chi connectivity index (χ3n) is 5.28. The molecule has 2 aromatic rings. The van der Waals surface area contributed by atoms with E-state index in [0.29, 0.717) is 11.7 Å². The number of carbonyl (C=O) groups excluding carboxylic acids is 1. The third-order valence-corrected chi connectivity index (χ3v) is 5.28. The Bertz CT molecular complexity index is 692. The first-order chi connectivity index (χ1) is 10.8. The van der Waals surface area contributed by atoms with Crippen molar-refractivity contribution in [3.63, 3.8) is 0 Å². The van der Waals surface area contributed by atoms with Gasteiger partial charge in [-0.15, -0.1) is 0 Å². The summed E-state index contributed by atoms with van der Waals surface area (Å²) < 4.78 is 7.15. The molecule has 22 heavy (non-hydrogen) atoms. The van der Waals surface area contributed by atoms with Crippen LogP contribution in [0.3, 0.4) is 0 Å². The van der Waals surface area contributed by atoms with Gasteiger partial charge < -0.3 is 9.30 Å². The van der Waals surface area contributed by atoms with E-state index in [4.69, 9.17) is 4.74 Å². The lowest BCUT2D eigenvalue weighted by atomic mass is 9.94. The van der Waals surface area contributed by atoms with Gasteiger partial charge in [0.05, 0.1) is 19.1 Å². The molecule has 1 aromatic carbocycles. The van der Waals surface area contributed by atoms with Crippen molar-refractivity contribution in [1.29, 1.82) is 0 Å². The van der Waals surface area contributed by atoms with Gasteiger partial charge in [-0.05, 0) is 31.1 Å². The van der Waals surface area contributed by atoms with Crippen LogP contribution in [0.2, 0.25) is 0 Å². The van der Waals surface area contributed by atoms with Gasteiger partial charge in [0.25, 0.3) is 0 Å². The third kappa shape index (κ3) is 2.05. The number of nitrogens with zero attached hydrogens (tertiary/aromatic N) is 2. The van der Waals surface area contributed by atoms with E-state index in [1.165, 1.54) is 32.8 Å². The molecule has 2 aliphatic carbocycles. The molecule has 4 heteroatoms. The summed E-state index contributed by atoms with van der Waals surface area (Å²) in [4.78, 5) is 16.5. The normalized spacial score (nSPS) is 26.3. The Morgan fingerprint density at radius 3 is 2.68 bits per heavy atom. The van der Waals surface area contributed by atoms with Crippen molar-refractivity contribution in [3.8, 4) is 11.3 Å². The zero-order chi connectivity index (χ0) is 15.1. The van der Waals surface area contributed by atoms with E-state index in [1.54, 1.807) is 0 Å². The van der Waals surface area contributed by atoms with Gasteiger partial charge in [0.15, 0.2) is 5.69 Å². The first kappa shape index (κ1) is 13.6. The molecular formula is C18H20N2O2. The average Bonchev–Trinajstić information content (AvgIpc) is 3.29. The van der Waals surface area contributed by atoms with Crippen LogP contribution in [0, 0.1) is 11.8 Å². The van der Waals surface area contributed by atoms with Gasteiger partial charge >= 0.3 is 5.97 Å². The molecule has 0 aliphatic heterocycles. The van der Waals surface area contributed by atoms with Crippen LogP contribution in [-0.4, -0.2) is 22.6 Å². The minimum absolute atomic E-state index is 0.360. The highest BCUT2D eigenvalue weighted by Crippen LogP contribution is 2.51. The van der Waals surface area contributed by atoms with Crippen LogP contribution < -0.4 is 0 Å². The van der Waals surface area contributed by atoms with Crippen molar-refractivity contribution in [3.05, 3.63) is 42.4 Å². The Labute approximate surface area is 130 Å². The maximum absolute atomic E-state index is 12.1. The number of ether oxygens (including phenoxy) is 1. The summed E-state index contributed by atoms with van der Waals surface area (Å²) in [6.07, 6.45) is 7.03. The molecule has 0 radical (unpaired) electrons. The Morgan fingerprint density at radius 1 is 1.23 bits per heavy atom. The average molecular weight is 296 g/mol. The number of benzene rings is 1. The second-order valence-electron chi connectivity index (χ2n) is 6.45. The molecule has 4 nitrogen and oxygen atoms in total. The van der Waals surface area contributed by atoms with Gasteiger partial charge in [-0.25, -0.2) is 9.78 Å². The van der Waals surface area contributed by atoms with E-state index in [9.17, 15) is 4.79 Å². The molecule has 2 bridgehead atoms. The van der Waals surface area contributed by atoms with E-state index in [-0.39, 0.29) is 5.97 Å². The SMILES string of the molecule is COC(=O)c1ncn(C2CC3CCC2C3)c1-c1ccccc1. The first-order valence-corrected chi connectivity index (χ1v) is 7.98. The topological polar surface area (TPSA) is 44.1 Å². The van der Waals surface area contributed by atoms with E-state index >= 15 is 0 Å². The zero-order valence-electron chi connectivity index (χ0n) is 12.7. The molecular weight excluding hydrogens is 276 g/mol. The maximum atomic E-state index is 12.1. The van der Waals surface area contributed by atoms with Crippen molar-refractivity contribution < 1.29 is 9.53 Å². The van der Waals surface area contributed by atoms with E-state index in [0.717, 1.165) is 23.1 Å². The molecule has 114 valence electrons. The van der Waals surface area contributed by atoms with Crippen molar-refractivity contribution in [1.82, 2.24) is 9.55 Å². The number of imidazole rings is 1. The van der Waals surface area contributed by atoms with E-state index in [1.807, 2.05) is 36.7 Å². The fourth-order valence-corrected chi connectivity index (χ4v) is 4.29. The Hall–Kier alpha value is -2.10. The molecule has 0 N–H and O–H groups in total. The largest absolute Gasteiger partial charge is 0.464 e. The molecule has 3 atom stereocenters. The highest BCUT2D eigenvalue weighted by molar-refractivity contribution is 5.94. The van der Waals surface area contributed by atoms with Gasteiger partial charge in [0.2, 0.25) is 0 Å². The summed E-state index contributed by atoms with van der Waals surface area (Å²) >= 11 is 0. The molecule has 2 fully saturated rings. The van der Waals surface area contributed by atoms with Crippen LogP contribution in [-0.2, 0) is 4.74 Å². The number of methoxy groups -OCH3 is 1. The molecule has 4 rings (SSSR count). The van der Waals surface area contributed by atoms with Gasteiger partial charge in [0, 0.05) is 11.6 Å². The number of hydrogen-bond donors (Lipinski definition) is 0. The summed E-state index contributed by atoms with van der Waals surface area (Å²) in [5, 5.41) is 0. The number of aromatic nitrogens is 2. The van der Waals surface area contributed by atoms with Crippen molar-refractivity contribution >= 4 is 5.97 Å². The fourth-order valence-electron chi connectivity index (χ4n) is 4.29. The first-order valence-electron chi connectivity index (χ1n) is 7.98. The Balaban J connectivity index is 1.82. The lowest BCUT2D eigenvalue weighted by Crippen LogP contribution is -2.17. The quantitative estimate of drug-likeness (QED) is 0.811. The minimum atomic E-state index is -0.360. The second-order valence-corrected chi connectivity index (χ2v) is 6.45. The van der Waals surface area contributed by atoms with Crippen LogP contribution in [0.25, 0.3) is 11.3 Å².